The summed E-state index contributed by atoms with van der Waals surface area (Å²) < 4.78 is 68.4. The molecule has 0 saturated carbocycles. The van der Waals surface area contributed by atoms with Gasteiger partial charge in [0.05, 0.1) is 10.7 Å². The SMILES string of the molecule is CCCCC(=O)Nc1ccc(N2CCN(c3c(F)c(F)c(F)c(F)c3F)CC2)c(Cl)c1. The zero-order valence-electron chi connectivity index (χ0n) is 16.8. The fraction of sp³-hybridized carbons (Fsp3) is 0.381. The molecule has 1 N–H and O–H groups in total. The summed E-state index contributed by atoms with van der Waals surface area (Å²) in [6.45, 7) is 2.56. The van der Waals surface area contributed by atoms with Crippen LogP contribution in [0.3, 0.4) is 0 Å². The molecule has 0 radical (unpaired) electrons. The quantitative estimate of drug-likeness (QED) is 0.351. The zero-order valence-corrected chi connectivity index (χ0v) is 17.5. The van der Waals surface area contributed by atoms with Gasteiger partial charge in [0.1, 0.15) is 5.69 Å². The molecule has 1 aliphatic rings. The number of anilines is 3. The number of benzene rings is 2. The van der Waals surface area contributed by atoms with Crippen LogP contribution in [0.1, 0.15) is 26.2 Å². The minimum atomic E-state index is -2.17. The zero-order chi connectivity index (χ0) is 22.7. The Labute approximate surface area is 181 Å². The molecule has 1 fully saturated rings. The van der Waals surface area contributed by atoms with E-state index in [0.717, 1.165) is 17.7 Å². The van der Waals surface area contributed by atoms with Crippen LogP contribution in [-0.2, 0) is 4.79 Å². The first-order valence-corrected chi connectivity index (χ1v) is 10.2. The van der Waals surface area contributed by atoms with Crippen LogP contribution >= 0.6 is 11.6 Å². The van der Waals surface area contributed by atoms with Crippen LogP contribution in [0.15, 0.2) is 18.2 Å². The van der Waals surface area contributed by atoms with E-state index >= 15 is 0 Å². The van der Waals surface area contributed by atoms with Crippen LogP contribution in [0.4, 0.5) is 39.0 Å². The first-order chi connectivity index (χ1) is 14.7. The van der Waals surface area contributed by atoms with E-state index in [4.69, 9.17) is 11.6 Å². The predicted octanol–water partition coefficient (Wildman–Crippen LogP) is 5.49. The Bertz CT molecular complexity index is 951. The molecule has 0 aromatic heterocycles. The predicted molar refractivity (Wildman–Crippen MR) is 110 cm³/mol. The highest BCUT2D eigenvalue weighted by Gasteiger charge is 2.31. The van der Waals surface area contributed by atoms with Crippen molar-refractivity contribution in [3.8, 4) is 0 Å². The van der Waals surface area contributed by atoms with Crippen molar-refractivity contribution in [3.63, 3.8) is 0 Å². The first-order valence-electron chi connectivity index (χ1n) is 9.85. The molecule has 31 heavy (non-hydrogen) atoms. The topological polar surface area (TPSA) is 35.6 Å². The standard InChI is InChI=1S/C21H21ClF5N3O/c1-2-3-4-15(31)28-12-5-6-14(13(22)11-12)29-7-9-30(10-8-29)21-19(26)17(24)16(23)18(25)20(21)27/h5-6,11H,2-4,7-10H2,1H3,(H,28,31). The number of unbranched alkanes of at least 4 members (excludes halogenated alkanes) is 1. The van der Waals surface area contributed by atoms with Crippen molar-refractivity contribution in [1.82, 2.24) is 0 Å². The number of carbonyl (C=O) groups is 1. The molecule has 3 rings (SSSR count). The van der Waals surface area contributed by atoms with Gasteiger partial charge in [-0.1, -0.05) is 24.9 Å². The third-order valence-corrected chi connectivity index (χ3v) is 5.41. The second-order valence-electron chi connectivity index (χ2n) is 7.21. The van der Waals surface area contributed by atoms with E-state index in [9.17, 15) is 26.7 Å². The minimum absolute atomic E-state index is 0.0319. The molecule has 0 atom stereocenters. The summed E-state index contributed by atoms with van der Waals surface area (Å²) in [6, 6.07) is 5.02. The molecule has 1 aliphatic heterocycles. The molecule has 4 nitrogen and oxygen atoms in total. The lowest BCUT2D eigenvalue weighted by Crippen LogP contribution is -2.47. The fourth-order valence-corrected chi connectivity index (χ4v) is 3.74. The summed E-state index contributed by atoms with van der Waals surface area (Å²) in [6.07, 6.45) is 2.10. The van der Waals surface area contributed by atoms with Gasteiger partial charge in [0.15, 0.2) is 23.3 Å². The molecule has 2 aromatic rings. The molecule has 0 aliphatic carbocycles. The van der Waals surface area contributed by atoms with Gasteiger partial charge in [-0.25, -0.2) is 22.0 Å². The number of nitrogens with one attached hydrogen (secondary N) is 1. The highest BCUT2D eigenvalue weighted by molar-refractivity contribution is 6.33. The van der Waals surface area contributed by atoms with Gasteiger partial charge in [-0.15, -0.1) is 0 Å². The summed E-state index contributed by atoms with van der Waals surface area (Å²) in [5, 5.41) is 3.14. The van der Waals surface area contributed by atoms with Crippen molar-refractivity contribution in [2.75, 3.05) is 41.3 Å². The molecule has 1 saturated heterocycles. The van der Waals surface area contributed by atoms with Gasteiger partial charge in [-0.05, 0) is 24.6 Å². The lowest BCUT2D eigenvalue weighted by Gasteiger charge is -2.38. The molecule has 2 aromatic carbocycles. The number of hydrogen-bond acceptors (Lipinski definition) is 3. The van der Waals surface area contributed by atoms with Gasteiger partial charge in [-0.2, -0.15) is 0 Å². The van der Waals surface area contributed by atoms with Gasteiger partial charge in [-0.3, -0.25) is 4.79 Å². The van der Waals surface area contributed by atoms with E-state index in [0.29, 0.717) is 22.8 Å². The summed E-state index contributed by atoms with van der Waals surface area (Å²) in [5.74, 6) is -9.89. The number of hydrogen-bond donors (Lipinski definition) is 1. The normalized spacial score (nSPS) is 14.2. The number of rotatable bonds is 6. The average molecular weight is 462 g/mol. The maximum absolute atomic E-state index is 14.1. The molecule has 1 amide bonds. The Kier molecular flexibility index (Phi) is 7.25. The largest absolute Gasteiger partial charge is 0.367 e. The minimum Gasteiger partial charge on any atom is -0.367 e. The smallest absolute Gasteiger partial charge is 0.224 e. The highest BCUT2D eigenvalue weighted by Crippen LogP contribution is 2.33. The third-order valence-electron chi connectivity index (χ3n) is 5.11. The van der Waals surface area contributed by atoms with E-state index in [-0.39, 0.29) is 32.1 Å². The van der Waals surface area contributed by atoms with Gasteiger partial charge < -0.3 is 15.1 Å². The fourth-order valence-electron chi connectivity index (χ4n) is 3.44. The van der Waals surface area contributed by atoms with Crippen LogP contribution in [0.2, 0.25) is 5.02 Å². The summed E-state index contributed by atoms with van der Waals surface area (Å²) >= 11 is 6.35. The van der Waals surface area contributed by atoms with E-state index in [1.807, 2.05) is 11.8 Å². The molecular weight excluding hydrogens is 441 g/mol. The van der Waals surface area contributed by atoms with Crippen molar-refractivity contribution >= 4 is 34.6 Å². The van der Waals surface area contributed by atoms with E-state index in [2.05, 4.69) is 5.32 Å². The lowest BCUT2D eigenvalue weighted by atomic mass is 10.2. The number of halogens is 6. The summed E-state index contributed by atoms with van der Waals surface area (Å²) in [5.41, 5.74) is 0.271. The molecular formula is C21H21ClF5N3O. The average Bonchev–Trinajstić information content (AvgIpc) is 2.76. The molecule has 0 spiro atoms. The van der Waals surface area contributed by atoms with Crippen molar-refractivity contribution in [3.05, 3.63) is 52.3 Å². The number of carbonyl (C=O) groups excluding carboxylic acids is 1. The first kappa shape index (κ1) is 23.1. The second kappa shape index (κ2) is 9.72. The van der Waals surface area contributed by atoms with Crippen molar-refractivity contribution in [1.29, 1.82) is 0 Å². The van der Waals surface area contributed by atoms with Gasteiger partial charge in [0, 0.05) is 38.3 Å². The van der Waals surface area contributed by atoms with Gasteiger partial charge >= 0.3 is 0 Å². The Morgan fingerprint density at radius 2 is 1.48 bits per heavy atom. The van der Waals surface area contributed by atoms with Crippen LogP contribution in [0.25, 0.3) is 0 Å². The maximum atomic E-state index is 14.1. The van der Waals surface area contributed by atoms with E-state index in [1.165, 1.54) is 0 Å². The van der Waals surface area contributed by atoms with Crippen molar-refractivity contribution in [2.24, 2.45) is 0 Å². The Hall–Kier alpha value is -2.55. The molecule has 0 unspecified atom stereocenters. The molecule has 1 heterocycles. The van der Waals surface area contributed by atoms with E-state index in [1.54, 1.807) is 18.2 Å². The number of nitrogens with zero attached hydrogens (tertiary/aromatic N) is 2. The van der Waals surface area contributed by atoms with Crippen LogP contribution < -0.4 is 15.1 Å². The monoisotopic (exact) mass is 461 g/mol. The number of piperazine rings is 1. The molecule has 10 heteroatoms. The summed E-state index contributed by atoms with van der Waals surface area (Å²) in [7, 11) is 0. The second-order valence-corrected chi connectivity index (χ2v) is 7.62. The molecule has 168 valence electrons. The maximum Gasteiger partial charge on any atom is 0.224 e. The molecule has 0 bridgehead atoms. The summed E-state index contributed by atoms with van der Waals surface area (Å²) in [4.78, 5) is 14.8. The van der Waals surface area contributed by atoms with E-state index < -0.39 is 34.8 Å². The lowest BCUT2D eigenvalue weighted by molar-refractivity contribution is -0.116. The van der Waals surface area contributed by atoms with Crippen LogP contribution in [-0.4, -0.2) is 32.1 Å². The third kappa shape index (κ3) is 4.87. The van der Waals surface area contributed by atoms with Crippen molar-refractivity contribution in [2.45, 2.75) is 26.2 Å². The van der Waals surface area contributed by atoms with Crippen molar-refractivity contribution < 1.29 is 26.7 Å². The van der Waals surface area contributed by atoms with Crippen LogP contribution in [0, 0.1) is 29.1 Å². The Morgan fingerprint density at radius 1 is 0.935 bits per heavy atom. The Balaban J connectivity index is 1.70. The van der Waals surface area contributed by atoms with Gasteiger partial charge in [0.2, 0.25) is 11.7 Å². The van der Waals surface area contributed by atoms with Gasteiger partial charge in [0.25, 0.3) is 0 Å². The highest BCUT2D eigenvalue weighted by atomic mass is 35.5. The van der Waals surface area contributed by atoms with Crippen LogP contribution in [0.5, 0.6) is 0 Å². The Morgan fingerprint density at radius 3 is 2.03 bits per heavy atom. The number of amides is 1.